The van der Waals surface area contributed by atoms with Gasteiger partial charge in [-0.2, -0.15) is 9.97 Å². The number of nitrogens with zero attached hydrogens (tertiary/aromatic N) is 4. The molecular weight excluding hydrogens is 831 g/mol. The van der Waals surface area contributed by atoms with Gasteiger partial charge in [-0.25, -0.2) is 9.37 Å². The number of carbonyl (C=O) groups is 2. The average Bonchev–Trinajstić information content (AvgIpc) is 3.75. The molecule has 1 fully saturated rings. The van der Waals surface area contributed by atoms with Crippen molar-refractivity contribution in [1.29, 1.82) is 0 Å². The minimum atomic E-state index is -5.22. The van der Waals surface area contributed by atoms with E-state index in [4.69, 9.17) is 40.6 Å². The molecule has 0 radical (unpaired) electrons. The van der Waals surface area contributed by atoms with E-state index in [2.05, 4.69) is 28.8 Å². The summed E-state index contributed by atoms with van der Waals surface area (Å²) in [6, 6.07) is 0. The number of carbonyl (C=O) groups excluding carboxylic acids is 2. The number of alkyl halides is 1. The number of phosphoric ester groups is 1. The molecule has 1 aliphatic heterocycles. The van der Waals surface area contributed by atoms with Crippen LogP contribution in [0.4, 0.5) is 10.2 Å². The molecule has 0 aliphatic carbocycles. The number of halogens is 2. The van der Waals surface area contributed by atoms with Crippen molar-refractivity contribution in [1.82, 2.24) is 19.5 Å². The van der Waals surface area contributed by atoms with Crippen LogP contribution < -0.4 is 40.2 Å². The quantitative estimate of drug-likeness (QED) is 0.0271. The number of imidazole rings is 1. The Morgan fingerprint density at radius 3 is 1.77 bits per heavy atom. The van der Waals surface area contributed by atoms with Gasteiger partial charge in [0.1, 0.15) is 37.0 Å². The number of phosphoric acid groups is 1. The third-order valence-corrected chi connectivity index (χ3v) is 11.7. The molecule has 0 amide bonds. The van der Waals surface area contributed by atoms with Crippen molar-refractivity contribution in [3.05, 3.63) is 11.6 Å². The van der Waals surface area contributed by atoms with E-state index < -0.39 is 70.3 Å². The van der Waals surface area contributed by atoms with Crippen molar-refractivity contribution in [2.24, 2.45) is 0 Å². The Kier molecular flexibility index (Phi) is 28.6. The maximum Gasteiger partial charge on any atom is 1.00 e. The molecule has 2 aromatic rings. The number of ether oxygens (including phenoxy) is 3. The van der Waals surface area contributed by atoms with Gasteiger partial charge in [0.25, 0.3) is 7.82 Å². The van der Waals surface area contributed by atoms with E-state index in [9.17, 15) is 24.2 Å². The fourth-order valence-corrected chi connectivity index (χ4v) is 8.08. The molecule has 1 unspecified atom stereocenters. The van der Waals surface area contributed by atoms with Gasteiger partial charge in [-0.05, 0) is 24.4 Å². The van der Waals surface area contributed by atoms with Crippen molar-refractivity contribution < 1.29 is 81.4 Å². The van der Waals surface area contributed by atoms with E-state index in [1.807, 2.05) is 0 Å². The Bertz CT molecular complexity index is 1510. The first-order valence-electron chi connectivity index (χ1n) is 22.0. The van der Waals surface area contributed by atoms with E-state index in [1.165, 1.54) is 96.2 Å². The van der Waals surface area contributed by atoms with Crippen LogP contribution in [0.25, 0.3) is 11.2 Å². The Morgan fingerprint density at radius 1 is 0.850 bits per heavy atom. The maximum absolute atomic E-state index is 15.3. The molecular formula is C41H69ClFN5NaO10P. The minimum absolute atomic E-state index is 0. The maximum atomic E-state index is 15.3. The summed E-state index contributed by atoms with van der Waals surface area (Å²) in [5.74, 6) is -1.12. The number of aliphatic hydroxyl groups excluding tert-OH is 1. The van der Waals surface area contributed by atoms with Crippen LogP contribution in [0.2, 0.25) is 5.28 Å². The number of anilines is 1. The Balaban J connectivity index is 0.0000124. The van der Waals surface area contributed by atoms with Crippen LogP contribution in [-0.4, -0.2) is 80.9 Å². The molecule has 15 nitrogen and oxygen atoms in total. The van der Waals surface area contributed by atoms with Crippen LogP contribution in [0, 0.1) is 0 Å². The van der Waals surface area contributed by atoms with Crippen molar-refractivity contribution >= 4 is 48.3 Å². The van der Waals surface area contributed by atoms with Gasteiger partial charge in [-0.15, -0.1) is 0 Å². The zero-order chi connectivity index (χ0) is 42.9. The fourth-order valence-electron chi connectivity index (χ4n) is 7.03. The van der Waals surface area contributed by atoms with Crippen LogP contribution >= 0.6 is 19.4 Å². The summed E-state index contributed by atoms with van der Waals surface area (Å²) in [7, 11) is -5.22. The molecule has 0 saturated carbocycles. The predicted molar refractivity (Wildman–Crippen MR) is 222 cm³/mol. The number of unbranched alkanes of at least 4 members (excludes halogenated alkanes) is 20. The van der Waals surface area contributed by atoms with Gasteiger partial charge >= 0.3 is 41.5 Å². The largest absolute Gasteiger partial charge is 1.00 e. The molecule has 0 aromatic carbocycles. The van der Waals surface area contributed by atoms with Gasteiger partial charge in [0.15, 0.2) is 23.9 Å². The number of esters is 2. The third kappa shape index (κ3) is 21.3. The number of nitrogens with two attached hydrogens (primary N) is 1. The summed E-state index contributed by atoms with van der Waals surface area (Å²) in [6.07, 6.45) is 18.0. The number of nitrogen functional groups attached to an aromatic ring is 1. The molecule has 5 atom stereocenters. The SMILES string of the molecule is CCCCCCCCCCCCCC(=O)OCC(COC(=O)CCCCCCCCCCCCC)OP(=O)([O-])OC[C@H]1O[C@@H](n2cnc3c(N)nc(Cl)nc32)[C@@H](F)[C@@H]1O.[Na+]. The van der Waals surface area contributed by atoms with Crippen LogP contribution in [0.5, 0.6) is 0 Å². The number of aliphatic hydroxyl groups is 1. The van der Waals surface area contributed by atoms with Gasteiger partial charge in [0.2, 0.25) is 5.28 Å². The van der Waals surface area contributed by atoms with Crippen molar-refractivity contribution in [3.63, 3.8) is 0 Å². The number of aromatic nitrogens is 4. The summed E-state index contributed by atoms with van der Waals surface area (Å²) in [6.45, 7) is 2.56. The van der Waals surface area contributed by atoms with Crippen LogP contribution in [-0.2, 0) is 37.4 Å². The Hall–Kier alpha value is -1.46. The van der Waals surface area contributed by atoms with Crippen LogP contribution in [0.1, 0.15) is 174 Å². The summed E-state index contributed by atoms with van der Waals surface area (Å²) in [4.78, 5) is 50.1. The monoisotopic (exact) mass is 899 g/mol. The zero-order valence-corrected chi connectivity index (χ0v) is 39.9. The first-order valence-corrected chi connectivity index (χ1v) is 23.9. The number of hydrogen-bond acceptors (Lipinski definition) is 14. The molecule has 338 valence electrons. The molecule has 60 heavy (non-hydrogen) atoms. The average molecular weight is 900 g/mol. The molecule has 3 N–H and O–H groups in total. The number of fused-ring (bicyclic) bond motifs is 1. The number of hydrogen-bond donors (Lipinski definition) is 2. The molecule has 2 aromatic heterocycles. The fraction of sp³-hybridized carbons (Fsp3) is 0.829. The summed E-state index contributed by atoms with van der Waals surface area (Å²) < 4.78 is 56.0. The normalized spacial score (nSPS) is 18.8. The van der Waals surface area contributed by atoms with Crippen LogP contribution in [0.15, 0.2) is 6.33 Å². The van der Waals surface area contributed by atoms with Crippen molar-refractivity contribution in [2.75, 3.05) is 25.6 Å². The van der Waals surface area contributed by atoms with E-state index in [0.29, 0.717) is 12.8 Å². The van der Waals surface area contributed by atoms with E-state index in [1.54, 1.807) is 0 Å². The van der Waals surface area contributed by atoms with Crippen molar-refractivity contribution in [3.8, 4) is 0 Å². The van der Waals surface area contributed by atoms with E-state index in [-0.39, 0.29) is 64.7 Å². The summed E-state index contributed by atoms with van der Waals surface area (Å²) in [5, 5.41) is 10.4. The van der Waals surface area contributed by atoms with E-state index >= 15 is 4.39 Å². The number of rotatable bonds is 34. The topological polar surface area (TPSA) is 210 Å². The second-order valence-electron chi connectivity index (χ2n) is 15.6. The molecule has 3 heterocycles. The molecule has 1 saturated heterocycles. The molecule has 0 spiro atoms. The molecule has 19 heteroatoms. The minimum Gasteiger partial charge on any atom is -0.756 e. The zero-order valence-electron chi connectivity index (χ0n) is 36.2. The standard InChI is InChI=1S/C41H70ClFN5O10P.Na/c1-3-5-7-9-11-13-15-17-19-21-23-25-33(49)54-27-31(28-55-34(50)26-24-22-20-18-16-14-12-10-8-6-4-2)58-59(52,53)56-29-32-37(51)35(43)40(57-32)48-30-45-36-38(44)46-41(42)47-39(36)48;/h30-32,35,37,40,51H,3-29H2,1-2H3,(H,52,53)(H2,44,46,47);/q;+1/p-1/t32-,35+,37-,40-;/m1./s1. The van der Waals surface area contributed by atoms with Gasteiger partial charge in [0, 0.05) is 12.8 Å². The van der Waals surface area contributed by atoms with Gasteiger partial charge in [0.05, 0.1) is 12.9 Å². The smallest absolute Gasteiger partial charge is 0.756 e. The van der Waals surface area contributed by atoms with Gasteiger partial charge < -0.3 is 39.0 Å². The first-order chi connectivity index (χ1) is 28.5. The second-order valence-corrected chi connectivity index (χ2v) is 17.3. The first kappa shape index (κ1) is 54.7. The predicted octanol–water partition coefficient (Wildman–Crippen LogP) is 6.02. The second kappa shape index (κ2) is 31.4. The Labute approximate surface area is 383 Å². The van der Waals surface area contributed by atoms with Gasteiger partial charge in [-0.1, -0.05) is 142 Å². The molecule has 3 rings (SSSR count). The molecule has 1 aliphatic rings. The molecule has 0 bridgehead atoms. The van der Waals surface area contributed by atoms with Crippen LogP contribution in [0.3, 0.4) is 0 Å². The van der Waals surface area contributed by atoms with Gasteiger partial charge in [-0.3, -0.25) is 18.7 Å². The van der Waals surface area contributed by atoms with Crippen molar-refractivity contribution in [2.45, 2.75) is 199 Å². The summed E-state index contributed by atoms with van der Waals surface area (Å²) in [5.41, 5.74) is 6.01. The summed E-state index contributed by atoms with van der Waals surface area (Å²) >= 11 is 5.92. The third-order valence-electron chi connectivity index (χ3n) is 10.5. The Morgan fingerprint density at radius 2 is 1.30 bits per heavy atom. The van der Waals surface area contributed by atoms with E-state index in [0.717, 1.165) is 43.1 Å².